The molecule has 0 aromatic rings. The predicted molar refractivity (Wildman–Crippen MR) is 81.5 cm³/mol. The van der Waals surface area contributed by atoms with Crippen molar-refractivity contribution in [3.8, 4) is 0 Å². The van der Waals surface area contributed by atoms with E-state index in [9.17, 15) is 4.79 Å². The summed E-state index contributed by atoms with van der Waals surface area (Å²) in [4.78, 5) is 16.7. The molecule has 0 spiro atoms. The second-order valence-corrected chi connectivity index (χ2v) is 6.36. The summed E-state index contributed by atoms with van der Waals surface area (Å²) in [5.74, 6) is -0.225. The van der Waals surface area contributed by atoms with Crippen LogP contribution in [0.5, 0.6) is 0 Å². The van der Waals surface area contributed by atoms with Crippen molar-refractivity contribution in [1.82, 2.24) is 15.1 Å². The van der Waals surface area contributed by atoms with Gasteiger partial charge in [0.15, 0.2) is 0 Å². The fourth-order valence-electron chi connectivity index (χ4n) is 3.48. The Morgan fingerprint density at radius 2 is 2.20 bits per heavy atom. The molecule has 0 aliphatic carbocycles. The fraction of sp³-hybridized carbons (Fsp3) is 0.933. The van der Waals surface area contributed by atoms with E-state index in [2.05, 4.69) is 29.0 Å². The third-order valence-corrected chi connectivity index (χ3v) is 4.72. The molecule has 116 valence electrons. The molecule has 0 aromatic heterocycles. The number of hydrogen-bond donors (Lipinski definition) is 2. The number of nitrogens with one attached hydrogen (secondary N) is 1. The normalized spacial score (nSPS) is 29.9. The summed E-state index contributed by atoms with van der Waals surface area (Å²) < 4.78 is 0. The van der Waals surface area contributed by atoms with Crippen LogP contribution in [0.2, 0.25) is 0 Å². The van der Waals surface area contributed by atoms with E-state index in [0.29, 0.717) is 12.1 Å². The Bertz CT molecular complexity index is 323. The van der Waals surface area contributed by atoms with Crippen molar-refractivity contribution in [3.05, 3.63) is 0 Å². The number of piperidine rings is 1. The van der Waals surface area contributed by atoms with Crippen LogP contribution in [0, 0.1) is 0 Å². The molecule has 3 unspecified atom stereocenters. The van der Waals surface area contributed by atoms with Crippen molar-refractivity contribution in [1.29, 1.82) is 0 Å². The number of nitrogens with two attached hydrogens (primary N) is 1. The van der Waals surface area contributed by atoms with Crippen molar-refractivity contribution in [3.63, 3.8) is 0 Å². The molecule has 1 amide bonds. The highest BCUT2D eigenvalue weighted by molar-refractivity contribution is 5.80. The zero-order valence-corrected chi connectivity index (χ0v) is 13.0. The minimum Gasteiger partial charge on any atom is -0.368 e. The topological polar surface area (TPSA) is 61.6 Å². The maximum absolute atomic E-state index is 11.6. The largest absolute Gasteiger partial charge is 0.368 e. The lowest BCUT2D eigenvalue weighted by atomic mass is 9.96. The number of primary amides is 1. The predicted octanol–water partition coefficient (Wildman–Crippen LogP) is 0.399. The highest BCUT2D eigenvalue weighted by Crippen LogP contribution is 2.23. The van der Waals surface area contributed by atoms with Gasteiger partial charge in [-0.15, -0.1) is 0 Å². The molecule has 3 N–H and O–H groups in total. The smallest absolute Gasteiger partial charge is 0.235 e. The summed E-state index contributed by atoms with van der Waals surface area (Å²) in [6, 6.07) is 0.974. The lowest BCUT2D eigenvalue weighted by Gasteiger charge is -2.48. The van der Waals surface area contributed by atoms with E-state index in [-0.39, 0.29) is 11.9 Å². The van der Waals surface area contributed by atoms with Gasteiger partial charge in [0.05, 0.1) is 6.04 Å². The molecule has 5 heteroatoms. The summed E-state index contributed by atoms with van der Waals surface area (Å²) in [5.41, 5.74) is 5.53. The molecule has 2 aliphatic heterocycles. The summed E-state index contributed by atoms with van der Waals surface area (Å²) in [7, 11) is 0. The molecule has 2 aliphatic rings. The van der Waals surface area contributed by atoms with Crippen LogP contribution in [0.4, 0.5) is 0 Å². The van der Waals surface area contributed by atoms with Gasteiger partial charge in [-0.05, 0) is 39.3 Å². The van der Waals surface area contributed by atoms with Crippen molar-refractivity contribution >= 4 is 5.91 Å². The van der Waals surface area contributed by atoms with Gasteiger partial charge in [-0.25, -0.2) is 0 Å². The Balaban J connectivity index is 1.91. The minimum absolute atomic E-state index is 0.215. The quantitative estimate of drug-likeness (QED) is 0.740. The monoisotopic (exact) mass is 282 g/mol. The molecule has 2 fully saturated rings. The summed E-state index contributed by atoms with van der Waals surface area (Å²) in [6.07, 6.45) is 5.00. The first-order valence-corrected chi connectivity index (χ1v) is 8.12. The van der Waals surface area contributed by atoms with Gasteiger partial charge < -0.3 is 11.1 Å². The van der Waals surface area contributed by atoms with E-state index in [1.165, 1.54) is 25.8 Å². The van der Waals surface area contributed by atoms with Gasteiger partial charge >= 0.3 is 0 Å². The average molecular weight is 282 g/mol. The first-order chi connectivity index (χ1) is 9.61. The number of carbonyl (C=O) groups is 1. The number of piperazine rings is 1. The number of nitrogens with zero attached hydrogens (tertiary/aromatic N) is 2. The number of fused-ring (bicyclic) bond motifs is 1. The number of amides is 1. The first kappa shape index (κ1) is 15.7. The molecule has 2 heterocycles. The zero-order valence-electron chi connectivity index (χ0n) is 13.0. The first-order valence-electron chi connectivity index (χ1n) is 8.12. The summed E-state index contributed by atoms with van der Waals surface area (Å²) in [5, 5.41) is 3.28. The standard InChI is InChI=1S/C15H30N4O/c1-3-7-17-14(15(16)20)11-19-10-13-6-4-5-8-18(13)9-12(19)2/h12-14,17H,3-11H2,1-2H3,(H2,16,20). The molecule has 20 heavy (non-hydrogen) atoms. The lowest BCUT2D eigenvalue weighted by molar-refractivity contribution is -0.121. The third-order valence-electron chi connectivity index (χ3n) is 4.72. The Morgan fingerprint density at radius 3 is 2.90 bits per heavy atom. The van der Waals surface area contributed by atoms with Gasteiger partial charge in [0.2, 0.25) is 5.91 Å². The van der Waals surface area contributed by atoms with Gasteiger partial charge in [-0.1, -0.05) is 13.3 Å². The fourth-order valence-corrected chi connectivity index (χ4v) is 3.48. The number of carbonyl (C=O) groups excluding carboxylic acids is 1. The highest BCUT2D eigenvalue weighted by atomic mass is 16.1. The Morgan fingerprint density at radius 1 is 1.40 bits per heavy atom. The molecule has 0 saturated carbocycles. The highest BCUT2D eigenvalue weighted by Gasteiger charge is 2.34. The van der Waals surface area contributed by atoms with Gasteiger partial charge in [0, 0.05) is 31.7 Å². The van der Waals surface area contributed by atoms with Crippen molar-refractivity contribution in [2.24, 2.45) is 5.73 Å². The van der Waals surface area contributed by atoms with Crippen molar-refractivity contribution in [2.75, 3.05) is 32.7 Å². The maximum atomic E-state index is 11.6. The number of rotatable bonds is 6. The van der Waals surface area contributed by atoms with Crippen LogP contribution >= 0.6 is 0 Å². The second-order valence-electron chi connectivity index (χ2n) is 6.36. The van der Waals surface area contributed by atoms with Crippen LogP contribution in [0.15, 0.2) is 0 Å². The average Bonchev–Trinajstić information content (AvgIpc) is 2.43. The van der Waals surface area contributed by atoms with E-state index >= 15 is 0 Å². The molecular formula is C15H30N4O. The molecule has 0 aromatic carbocycles. The van der Waals surface area contributed by atoms with Gasteiger partial charge in [-0.2, -0.15) is 0 Å². The van der Waals surface area contributed by atoms with E-state index < -0.39 is 0 Å². The summed E-state index contributed by atoms with van der Waals surface area (Å²) in [6.45, 7) is 9.43. The van der Waals surface area contributed by atoms with E-state index in [4.69, 9.17) is 5.73 Å². The molecule has 3 atom stereocenters. The van der Waals surface area contributed by atoms with Gasteiger partial charge in [0.1, 0.15) is 0 Å². The molecule has 2 rings (SSSR count). The Kier molecular flexibility index (Phi) is 5.81. The van der Waals surface area contributed by atoms with E-state index in [0.717, 1.165) is 32.6 Å². The SMILES string of the molecule is CCCNC(CN1CC2CCCCN2CC1C)C(N)=O. The van der Waals surface area contributed by atoms with Crippen LogP contribution in [-0.2, 0) is 4.79 Å². The van der Waals surface area contributed by atoms with Crippen LogP contribution < -0.4 is 11.1 Å². The van der Waals surface area contributed by atoms with Crippen LogP contribution in [0.3, 0.4) is 0 Å². The second kappa shape index (κ2) is 7.38. The van der Waals surface area contributed by atoms with Gasteiger partial charge in [0.25, 0.3) is 0 Å². The van der Waals surface area contributed by atoms with Crippen LogP contribution in [0.25, 0.3) is 0 Å². The maximum Gasteiger partial charge on any atom is 0.235 e. The number of hydrogen-bond acceptors (Lipinski definition) is 4. The Hall–Kier alpha value is -0.650. The van der Waals surface area contributed by atoms with Crippen LogP contribution in [-0.4, -0.2) is 66.6 Å². The van der Waals surface area contributed by atoms with Crippen molar-refractivity contribution < 1.29 is 4.79 Å². The summed E-state index contributed by atoms with van der Waals surface area (Å²) >= 11 is 0. The molecule has 0 radical (unpaired) electrons. The van der Waals surface area contributed by atoms with Gasteiger partial charge in [-0.3, -0.25) is 14.6 Å². The van der Waals surface area contributed by atoms with E-state index in [1.807, 2.05) is 0 Å². The van der Waals surface area contributed by atoms with Crippen molar-refractivity contribution in [2.45, 2.75) is 57.7 Å². The molecule has 2 saturated heterocycles. The third kappa shape index (κ3) is 3.93. The minimum atomic E-state index is -0.225. The van der Waals surface area contributed by atoms with Crippen LogP contribution in [0.1, 0.15) is 39.5 Å². The van der Waals surface area contributed by atoms with E-state index in [1.54, 1.807) is 0 Å². The molecular weight excluding hydrogens is 252 g/mol. The Labute approximate surface area is 122 Å². The zero-order chi connectivity index (χ0) is 14.5. The molecule has 0 bridgehead atoms. The lowest BCUT2D eigenvalue weighted by Crippen LogP contribution is -2.61. The molecule has 5 nitrogen and oxygen atoms in total.